The molecule has 2 aromatic rings. The van der Waals surface area contributed by atoms with Crippen molar-refractivity contribution < 1.29 is 4.79 Å². The van der Waals surface area contributed by atoms with E-state index in [0.717, 1.165) is 36.5 Å². The molecule has 0 N–H and O–H groups in total. The zero-order chi connectivity index (χ0) is 16.4. The zero-order valence-corrected chi connectivity index (χ0v) is 13.9. The summed E-state index contributed by atoms with van der Waals surface area (Å²) in [4.78, 5) is 25.7. The fourth-order valence-corrected chi connectivity index (χ4v) is 3.12. The van der Waals surface area contributed by atoms with Gasteiger partial charge in [-0.2, -0.15) is 0 Å². The van der Waals surface area contributed by atoms with Crippen LogP contribution in [0.2, 0.25) is 0 Å². The van der Waals surface area contributed by atoms with Crippen molar-refractivity contribution in [3.8, 4) is 0 Å². The number of aromatic nitrogens is 3. The van der Waals surface area contributed by atoms with Crippen molar-refractivity contribution in [3.05, 3.63) is 47.8 Å². The van der Waals surface area contributed by atoms with Crippen molar-refractivity contribution in [1.82, 2.24) is 24.3 Å². The average Bonchev–Trinajstić information content (AvgIpc) is 3.00. The molecule has 0 radical (unpaired) electrons. The summed E-state index contributed by atoms with van der Waals surface area (Å²) in [7, 11) is 4.08. The smallest absolute Gasteiger partial charge is 0.254 e. The Kier molecular flexibility index (Phi) is 4.43. The molecule has 1 atom stereocenters. The van der Waals surface area contributed by atoms with Gasteiger partial charge in [0.2, 0.25) is 0 Å². The number of rotatable bonds is 3. The number of carbonyl (C=O) groups is 1. The van der Waals surface area contributed by atoms with Crippen LogP contribution in [-0.2, 0) is 13.5 Å². The molecular weight excluding hydrogens is 290 g/mol. The number of likely N-dealkylation sites (N-methyl/N-ethyl adjacent to an activating group) is 1. The summed E-state index contributed by atoms with van der Waals surface area (Å²) in [5.74, 6) is 1.09. The highest BCUT2D eigenvalue weighted by Gasteiger charge is 2.31. The first-order chi connectivity index (χ1) is 11.1. The predicted octanol–water partition coefficient (Wildman–Crippen LogP) is 1.51. The van der Waals surface area contributed by atoms with Crippen LogP contribution in [0.5, 0.6) is 0 Å². The number of aryl methyl sites for hydroxylation is 2. The van der Waals surface area contributed by atoms with Gasteiger partial charge in [0, 0.05) is 57.0 Å². The molecule has 0 aromatic carbocycles. The third-order valence-corrected chi connectivity index (χ3v) is 4.61. The van der Waals surface area contributed by atoms with Crippen LogP contribution in [0.4, 0.5) is 0 Å². The first kappa shape index (κ1) is 15.7. The lowest BCUT2D eigenvalue weighted by Crippen LogP contribution is -2.49. The molecule has 1 saturated heterocycles. The number of hydrogen-bond donors (Lipinski definition) is 0. The van der Waals surface area contributed by atoms with E-state index in [4.69, 9.17) is 0 Å². The Morgan fingerprint density at radius 2 is 2.13 bits per heavy atom. The molecule has 1 amide bonds. The molecule has 1 aliphatic rings. The van der Waals surface area contributed by atoms with Crippen molar-refractivity contribution in [2.45, 2.75) is 19.4 Å². The van der Waals surface area contributed by atoms with Crippen molar-refractivity contribution in [2.24, 2.45) is 7.05 Å². The van der Waals surface area contributed by atoms with E-state index < -0.39 is 0 Å². The van der Waals surface area contributed by atoms with Gasteiger partial charge in [0.1, 0.15) is 5.82 Å². The van der Waals surface area contributed by atoms with E-state index in [9.17, 15) is 4.79 Å². The van der Waals surface area contributed by atoms with E-state index in [0.29, 0.717) is 6.54 Å². The summed E-state index contributed by atoms with van der Waals surface area (Å²) >= 11 is 0. The minimum Gasteiger partial charge on any atom is -0.337 e. The minimum atomic E-state index is 0.0940. The fraction of sp³-hybridized carbons (Fsp3) is 0.471. The Morgan fingerprint density at radius 1 is 1.30 bits per heavy atom. The van der Waals surface area contributed by atoms with Crippen LogP contribution in [0.15, 0.2) is 30.9 Å². The molecule has 1 fully saturated rings. The van der Waals surface area contributed by atoms with Gasteiger partial charge >= 0.3 is 0 Å². The summed E-state index contributed by atoms with van der Waals surface area (Å²) < 4.78 is 2.03. The van der Waals surface area contributed by atoms with Gasteiger partial charge in [-0.3, -0.25) is 14.7 Å². The summed E-state index contributed by atoms with van der Waals surface area (Å²) in [6.07, 6.45) is 8.05. The van der Waals surface area contributed by atoms with Gasteiger partial charge in [-0.05, 0) is 25.1 Å². The number of amides is 1. The maximum Gasteiger partial charge on any atom is 0.254 e. The number of piperazine rings is 1. The highest BCUT2D eigenvalue weighted by Crippen LogP contribution is 2.24. The summed E-state index contributed by atoms with van der Waals surface area (Å²) in [6.45, 7) is 4.29. The fourth-order valence-electron chi connectivity index (χ4n) is 3.12. The number of nitrogens with zero attached hydrogens (tertiary/aromatic N) is 5. The van der Waals surface area contributed by atoms with Gasteiger partial charge in [-0.1, -0.05) is 6.92 Å². The normalized spacial score (nSPS) is 19.1. The molecular formula is C17H23N5O. The topological polar surface area (TPSA) is 54.3 Å². The van der Waals surface area contributed by atoms with E-state index in [1.807, 2.05) is 35.0 Å². The SMILES string of the molecule is CCc1cnccc1C(=O)N1CCN(C)C(c2nccn2C)C1. The highest BCUT2D eigenvalue weighted by atomic mass is 16.2. The van der Waals surface area contributed by atoms with Gasteiger partial charge in [-0.15, -0.1) is 0 Å². The maximum atomic E-state index is 12.9. The summed E-state index contributed by atoms with van der Waals surface area (Å²) in [6, 6.07) is 1.95. The molecule has 2 aromatic heterocycles. The second-order valence-electron chi connectivity index (χ2n) is 6.03. The van der Waals surface area contributed by atoms with Gasteiger partial charge in [0.05, 0.1) is 6.04 Å². The lowest BCUT2D eigenvalue weighted by Gasteiger charge is -2.39. The largest absolute Gasteiger partial charge is 0.337 e. The molecule has 6 nitrogen and oxygen atoms in total. The van der Waals surface area contributed by atoms with E-state index in [1.165, 1.54) is 0 Å². The quantitative estimate of drug-likeness (QED) is 0.862. The van der Waals surface area contributed by atoms with E-state index in [-0.39, 0.29) is 11.9 Å². The Bertz CT molecular complexity index is 696. The van der Waals surface area contributed by atoms with Crippen LogP contribution < -0.4 is 0 Å². The van der Waals surface area contributed by atoms with Gasteiger partial charge in [0.15, 0.2) is 0 Å². The molecule has 6 heteroatoms. The first-order valence-corrected chi connectivity index (χ1v) is 8.01. The van der Waals surface area contributed by atoms with Crippen molar-refractivity contribution in [3.63, 3.8) is 0 Å². The van der Waals surface area contributed by atoms with Crippen LogP contribution in [0, 0.1) is 0 Å². The molecule has 3 heterocycles. The molecule has 0 saturated carbocycles. The van der Waals surface area contributed by atoms with E-state index in [1.54, 1.807) is 12.4 Å². The second kappa shape index (κ2) is 6.50. The third kappa shape index (κ3) is 2.99. The Hall–Kier alpha value is -2.21. The highest BCUT2D eigenvalue weighted by molar-refractivity contribution is 5.95. The van der Waals surface area contributed by atoms with Crippen LogP contribution in [-0.4, -0.2) is 56.9 Å². The van der Waals surface area contributed by atoms with Crippen LogP contribution >= 0.6 is 0 Å². The number of carbonyl (C=O) groups excluding carboxylic acids is 1. The molecule has 122 valence electrons. The van der Waals surface area contributed by atoms with Gasteiger partial charge in [0.25, 0.3) is 5.91 Å². The summed E-state index contributed by atoms with van der Waals surface area (Å²) in [5.41, 5.74) is 1.77. The number of hydrogen-bond acceptors (Lipinski definition) is 4. The summed E-state index contributed by atoms with van der Waals surface area (Å²) in [5, 5.41) is 0. The molecule has 1 aliphatic heterocycles. The average molecular weight is 313 g/mol. The maximum absolute atomic E-state index is 12.9. The van der Waals surface area contributed by atoms with E-state index in [2.05, 4.69) is 28.8 Å². The lowest BCUT2D eigenvalue weighted by molar-refractivity contribution is 0.0527. The number of imidazole rings is 1. The molecule has 3 rings (SSSR count). The molecule has 0 spiro atoms. The molecule has 0 aliphatic carbocycles. The number of pyridine rings is 1. The minimum absolute atomic E-state index is 0.0940. The van der Waals surface area contributed by atoms with Crippen LogP contribution in [0.3, 0.4) is 0 Å². The van der Waals surface area contributed by atoms with Gasteiger partial charge in [-0.25, -0.2) is 4.98 Å². The van der Waals surface area contributed by atoms with Crippen LogP contribution in [0.25, 0.3) is 0 Å². The predicted molar refractivity (Wildman–Crippen MR) is 88.1 cm³/mol. The monoisotopic (exact) mass is 313 g/mol. The third-order valence-electron chi connectivity index (χ3n) is 4.61. The molecule has 23 heavy (non-hydrogen) atoms. The molecule has 0 bridgehead atoms. The Balaban J connectivity index is 1.84. The van der Waals surface area contributed by atoms with Crippen molar-refractivity contribution >= 4 is 5.91 Å². The van der Waals surface area contributed by atoms with E-state index >= 15 is 0 Å². The molecule has 1 unspecified atom stereocenters. The first-order valence-electron chi connectivity index (χ1n) is 8.01. The standard InChI is InChI=1S/C17H23N5O/c1-4-13-11-18-6-5-14(13)17(23)22-10-9-20(2)15(12-22)16-19-7-8-21(16)3/h5-8,11,15H,4,9-10,12H2,1-3H3. The Labute approximate surface area is 136 Å². The lowest BCUT2D eigenvalue weighted by atomic mass is 10.1. The van der Waals surface area contributed by atoms with Crippen molar-refractivity contribution in [1.29, 1.82) is 0 Å². The second-order valence-corrected chi connectivity index (χ2v) is 6.03. The van der Waals surface area contributed by atoms with Crippen molar-refractivity contribution in [2.75, 3.05) is 26.7 Å². The Morgan fingerprint density at radius 3 is 2.83 bits per heavy atom. The zero-order valence-electron chi connectivity index (χ0n) is 13.9. The van der Waals surface area contributed by atoms with Crippen LogP contribution in [0.1, 0.15) is 34.7 Å². The van der Waals surface area contributed by atoms with Gasteiger partial charge < -0.3 is 9.47 Å².